The van der Waals surface area contributed by atoms with Gasteiger partial charge in [-0.2, -0.15) is 0 Å². The first kappa shape index (κ1) is 11.7. The van der Waals surface area contributed by atoms with Crippen LogP contribution in [0.25, 0.3) is 5.65 Å². The van der Waals surface area contributed by atoms with Gasteiger partial charge in [-0.3, -0.25) is 0 Å². The highest BCUT2D eigenvalue weighted by atomic mass is 15.0. The Morgan fingerprint density at radius 3 is 3.06 bits per heavy atom. The molecule has 0 radical (unpaired) electrons. The molecule has 18 heavy (non-hydrogen) atoms. The van der Waals surface area contributed by atoms with Crippen LogP contribution >= 0.6 is 0 Å². The minimum Gasteiger partial charge on any atom is -0.308 e. The highest BCUT2D eigenvalue weighted by molar-refractivity contribution is 5.39. The highest BCUT2D eigenvalue weighted by Gasteiger charge is 2.20. The largest absolute Gasteiger partial charge is 0.308 e. The van der Waals surface area contributed by atoms with Crippen molar-refractivity contribution in [3.8, 4) is 0 Å². The van der Waals surface area contributed by atoms with E-state index in [-0.39, 0.29) is 0 Å². The van der Waals surface area contributed by atoms with Gasteiger partial charge in [0.2, 0.25) is 0 Å². The molecule has 2 aromatic rings. The fraction of sp³-hybridized carbons (Fsp3) is 0.533. The van der Waals surface area contributed by atoms with Gasteiger partial charge in [-0.15, -0.1) is 0 Å². The fourth-order valence-electron chi connectivity index (χ4n) is 2.93. The number of fused-ring (bicyclic) bond motifs is 1. The van der Waals surface area contributed by atoms with Crippen LogP contribution in [0.4, 0.5) is 0 Å². The van der Waals surface area contributed by atoms with Crippen molar-refractivity contribution in [3.05, 3.63) is 36.3 Å². The van der Waals surface area contributed by atoms with Crippen LogP contribution in [-0.2, 0) is 6.54 Å². The van der Waals surface area contributed by atoms with Crippen LogP contribution in [-0.4, -0.2) is 15.4 Å². The summed E-state index contributed by atoms with van der Waals surface area (Å²) in [5.74, 6) is 0.802. The lowest BCUT2D eigenvalue weighted by atomic mass is 9.86. The average molecular weight is 243 g/mol. The Labute approximate surface area is 108 Å². The number of nitrogens with one attached hydrogen (secondary N) is 1. The topological polar surface area (TPSA) is 29.3 Å². The average Bonchev–Trinajstić information content (AvgIpc) is 2.80. The van der Waals surface area contributed by atoms with E-state index in [0.29, 0.717) is 6.04 Å². The zero-order chi connectivity index (χ0) is 12.4. The lowest BCUT2D eigenvalue weighted by Crippen LogP contribution is -2.36. The van der Waals surface area contributed by atoms with E-state index in [1.807, 2.05) is 18.2 Å². The number of aromatic nitrogens is 2. The standard InChI is InChI=1S/C15H21N3/c1-12-6-2-3-7-14(12)16-10-13-11-18-9-5-4-8-15(18)17-13/h4-5,8-9,11-12,14,16H,2-3,6-7,10H2,1H3. The van der Waals surface area contributed by atoms with Crippen molar-refractivity contribution >= 4 is 5.65 Å². The minimum absolute atomic E-state index is 0.670. The fourth-order valence-corrected chi connectivity index (χ4v) is 2.93. The van der Waals surface area contributed by atoms with Gasteiger partial charge < -0.3 is 9.72 Å². The summed E-state index contributed by atoms with van der Waals surface area (Å²) in [7, 11) is 0. The van der Waals surface area contributed by atoms with Gasteiger partial charge in [-0.25, -0.2) is 4.98 Å². The molecule has 2 aromatic heterocycles. The lowest BCUT2D eigenvalue weighted by molar-refractivity contribution is 0.279. The van der Waals surface area contributed by atoms with Crippen LogP contribution in [0.3, 0.4) is 0 Å². The van der Waals surface area contributed by atoms with Gasteiger partial charge in [-0.1, -0.05) is 25.8 Å². The van der Waals surface area contributed by atoms with E-state index in [9.17, 15) is 0 Å². The summed E-state index contributed by atoms with van der Waals surface area (Å²) in [4.78, 5) is 4.62. The first-order chi connectivity index (χ1) is 8.83. The third-order valence-corrected chi connectivity index (χ3v) is 4.07. The molecule has 1 fully saturated rings. The van der Waals surface area contributed by atoms with Crippen molar-refractivity contribution in [2.45, 2.75) is 45.2 Å². The Morgan fingerprint density at radius 1 is 1.33 bits per heavy atom. The van der Waals surface area contributed by atoms with Crippen molar-refractivity contribution < 1.29 is 0 Å². The summed E-state index contributed by atoms with van der Waals surface area (Å²) in [5.41, 5.74) is 2.17. The molecule has 0 aromatic carbocycles. The molecule has 0 bridgehead atoms. The number of hydrogen-bond donors (Lipinski definition) is 1. The molecule has 2 unspecified atom stereocenters. The van der Waals surface area contributed by atoms with Crippen molar-refractivity contribution in [1.29, 1.82) is 0 Å². The van der Waals surface area contributed by atoms with Crippen LogP contribution in [0.1, 0.15) is 38.3 Å². The van der Waals surface area contributed by atoms with Crippen molar-refractivity contribution in [1.82, 2.24) is 14.7 Å². The second kappa shape index (κ2) is 5.11. The van der Waals surface area contributed by atoms with Crippen LogP contribution in [0, 0.1) is 5.92 Å². The van der Waals surface area contributed by atoms with Gasteiger partial charge in [0.1, 0.15) is 5.65 Å². The zero-order valence-electron chi connectivity index (χ0n) is 11.0. The Balaban J connectivity index is 1.65. The highest BCUT2D eigenvalue weighted by Crippen LogP contribution is 2.23. The molecular formula is C15H21N3. The maximum atomic E-state index is 4.62. The van der Waals surface area contributed by atoms with E-state index in [0.717, 1.165) is 23.8 Å². The Morgan fingerprint density at radius 2 is 2.22 bits per heavy atom. The Hall–Kier alpha value is -1.35. The van der Waals surface area contributed by atoms with E-state index < -0.39 is 0 Å². The molecule has 0 saturated heterocycles. The number of pyridine rings is 1. The van der Waals surface area contributed by atoms with E-state index in [2.05, 4.69) is 34.0 Å². The van der Waals surface area contributed by atoms with Gasteiger partial charge in [0.05, 0.1) is 5.69 Å². The first-order valence-corrected chi connectivity index (χ1v) is 6.99. The summed E-state index contributed by atoms with van der Waals surface area (Å²) in [5, 5.41) is 3.67. The molecule has 3 heteroatoms. The third-order valence-electron chi connectivity index (χ3n) is 4.07. The summed E-state index contributed by atoms with van der Waals surface area (Å²) in [6, 6.07) is 6.79. The molecule has 1 saturated carbocycles. The monoisotopic (exact) mass is 243 g/mol. The van der Waals surface area contributed by atoms with Gasteiger partial charge >= 0.3 is 0 Å². The molecule has 1 aliphatic rings. The normalized spacial score (nSPS) is 24.5. The molecule has 1 aliphatic carbocycles. The molecule has 96 valence electrons. The molecular weight excluding hydrogens is 222 g/mol. The maximum Gasteiger partial charge on any atom is 0.137 e. The van der Waals surface area contributed by atoms with Gasteiger partial charge in [0, 0.05) is 25.0 Å². The molecule has 0 spiro atoms. The van der Waals surface area contributed by atoms with Crippen LogP contribution in [0.5, 0.6) is 0 Å². The maximum absolute atomic E-state index is 4.62. The van der Waals surface area contributed by atoms with Crippen molar-refractivity contribution in [2.75, 3.05) is 0 Å². The van der Waals surface area contributed by atoms with Crippen molar-refractivity contribution in [2.24, 2.45) is 5.92 Å². The SMILES string of the molecule is CC1CCCCC1NCc1cn2ccccc2n1. The van der Waals surface area contributed by atoms with E-state index in [1.54, 1.807) is 0 Å². The second-order valence-corrected chi connectivity index (χ2v) is 5.45. The second-order valence-electron chi connectivity index (χ2n) is 5.45. The number of rotatable bonds is 3. The summed E-state index contributed by atoms with van der Waals surface area (Å²) >= 11 is 0. The number of nitrogens with zero attached hydrogens (tertiary/aromatic N) is 2. The molecule has 0 aliphatic heterocycles. The van der Waals surface area contributed by atoms with Gasteiger partial charge in [0.15, 0.2) is 0 Å². The quantitative estimate of drug-likeness (QED) is 0.898. The molecule has 2 heterocycles. The van der Waals surface area contributed by atoms with Crippen LogP contribution in [0.2, 0.25) is 0 Å². The predicted octanol–water partition coefficient (Wildman–Crippen LogP) is 3.00. The van der Waals surface area contributed by atoms with Gasteiger partial charge in [0.25, 0.3) is 0 Å². The predicted molar refractivity (Wildman–Crippen MR) is 73.5 cm³/mol. The Kier molecular flexibility index (Phi) is 3.33. The molecule has 0 amide bonds. The van der Waals surface area contributed by atoms with Crippen molar-refractivity contribution in [3.63, 3.8) is 0 Å². The van der Waals surface area contributed by atoms with E-state index in [4.69, 9.17) is 0 Å². The summed E-state index contributed by atoms with van der Waals surface area (Å²) < 4.78 is 2.08. The summed E-state index contributed by atoms with van der Waals surface area (Å²) in [6.45, 7) is 3.25. The van der Waals surface area contributed by atoms with Crippen LogP contribution in [0.15, 0.2) is 30.6 Å². The third kappa shape index (κ3) is 2.41. The molecule has 3 rings (SSSR count). The Bertz CT molecular complexity index is 484. The van der Waals surface area contributed by atoms with Gasteiger partial charge in [-0.05, 0) is 30.9 Å². The number of hydrogen-bond acceptors (Lipinski definition) is 2. The van der Waals surface area contributed by atoms with E-state index in [1.165, 1.54) is 25.7 Å². The smallest absolute Gasteiger partial charge is 0.137 e. The molecule has 3 nitrogen and oxygen atoms in total. The minimum atomic E-state index is 0.670. The molecule has 1 N–H and O–H groups in total. The lowest BCUT2D eigenvalue weighted by Gasteiger charge is -2.29. The number of imidazole rings is 1. The molecule has 2 atom stereocenters. The first-order valence-electron chi connectivity index (χ1n) is 6.99. The van der Waals surface area contributed by atoms with Crippen LogP contribution < -0.4 is 5.32 Å². The summed E-state index contributed by atoms with van der Waals surface area (Å²) in [6.07, 6.45) is 9.61. The zero-order valence-corrected chi connectivity index (χ0v) is 11.0. The van der Waals surface area contributed by atoms with E-state index >= 15 is 0 Å².